The van der Waals surface area contributed by atoms with E-state index in [-0.39, 0.29) is 36.2 Å². The molecule has 0 aliphatic carbocycles. The van der Waals surface area contributed by atoms with Crippen LogP contribution in [0.25, 0.3) is 6.08 Å². The smallest absolute Gasteiger partial charge is 0.325 e. The second-order valence-electron chi connectivity index (χ2n) is 9.49. The van der Waals surface area contributed by atoms with E-state index in [9.17, 15) is 18.8 Å². The Kier molecular flexibility index (Phi) is 6.82. The Balaban J connectivity index is 1.32. The zero-order chi connectivity index (χ0) is 25.1. The maximum absolute atomic E-state index is 13.9. The van der Waals surface area contributed by atoms with Gasteiger partial charge in [-0.3, -0.25) is 19.5 Å². The highest BCUT2D eigenvalue weighted by Gasteiger charge is 2.58. The van der Waals surface area contributed by atoms with Crippen LogP contribution in [0.5, 0.6) is 0 Å². The number of aromatic nitrogens is 1. The van der Waals surface area contributed by atoms with Gasteiger partial charge in [0.1, 0.15) is 5.82 Å². The molecule has 2 atom stereocenters. The Bertz CT molecular complexity index is 1160. The van der Waals surface area contributed by atoms with Crippen molar-refractivity contribution in [1.29, 1.82) is 0 Å². The topological polar surface area (TPSA) is 91.8 Å². The van der Waals surface area contributed by atoms with Crippen LogP contribution in [-0.4, -0.2) is 65.0 Å². The molecule has 4 heterocycles. The summed E-state index contributed by atoms with van der Waals surface area (Å²) in [6, 6.07) is 11.0. The first kappa shape index (κ1) is 24.1. The predicted molar refractivity (Wildman–Crippen MR) is 130 cm³/mol. The molecule has 0 radical (unpaired) electrons. The molecule has 2 unspecified atom stereocenters. The van der Waals surface area contributed by atoms with E-state index in [1.165, 1.54) is 23.1 Å². The average molecular weight is 493 g/mol. The number of likely N-dealkylation sites (tertiary alicyclic amines) is 1. The van der Waals surface area contributed by atoms with E-state index in [0.717, 1.165) is 12.8 Å². The zero-order valence-electron chi connectivity index (χ0n) is 19.9. The van der Waals surface area contributed by atoms with Crippen molar-refractivity contribution in [1.82, 2.24) is 20.1 Å². The average Bonchev–Trinajstić information content (AvgIpc) is 3.51. The van der Waals surface area contributed by atoms with Crippen LogP contribution >= 0.6 is 0 Å². The van der Waals surface area contributed by atoms with Gasteiger partial charge in [0.2, 0.25) is 5.91 Å². The lowest BCUT2D eigenvalue weighted by atomic mass is 9.75. The Labute approximate surface area is 209 Å². The van der Waals surface area contributed by atoms with Gasteiger partial charge in [-0.2, -0.15) is 0 Å². The fourth-order valence-electron chi connectivity index (χ4n) is 5.42. The van der Waals surface area contributed by atoms with Crippen molar-refractivity contribution in [3.63, 3.8) is 0 Å². The lowest BCUT2D eigenvalue weighted by molar-refractivity contribution is -0.136. The minimum absolute atomic E-state index is 0.149. The lowest BCUT2D eigenvalue weighted by Crippen LogP contribution is -2.54. The normalized spacial score (nSPS) is 25.1. The molecule has 188 valence electrons. The molecule has 3 fully saturated rings. The van der Waals surface area contributed by atoms with Gasteiger partial charge >= 0.3 is 6.03 Å². The van der Waals surface area contributed by atoms with E-state index in [1.807, 2.05) is 6.07 Å². The number of hydrogen-bond donors (Lipinski definition) is 1. The maximum atomic E-state index is 13.9. The van der Waals surface area contributed by atoms with Gasteiger partial charge in [0.15, 0.2) is 5.54 Å². The summed E-state index contributed by atoms with van der Waals surface area (Å²) in [5.41, 5.74) is -0.157. The van der Waals surface area contributed by atoms with E-state index in [1.54, 1.807) is 41.4 Å². The van der Waals surface area contributed by atoms with Gasteiger partial charge in [-0.1, -0.05) is 18.2 Å². The summed E-state index contributed by atoms with van der Waals surface area (Å²) in [5, 5.41) is 2.99. The number of ether oxygens (including phenoxy) is 1. The molecule has 2 aromatic rings. The van der Waals surface area contributed by atoms with Crippen molar-refractivity contribution in [3.8, 4) is 0 Å². The van der Waals surface area contributed by atoms with Gasteiger partial charge < -0.3 is 15.0 Å². The molecule has 36 heavy (non-hydrogen) atoms. The molecule has 1 aromatic heterocycles. The summed E-state index contributed by atoms with van der Waals surface area (Å²) < 4.78 is 19.1. The molecule has 3 saturated heterocycles. The van der Waals surface area contributed by atoms with Gasteiger partial charge in [0.25, 0.3) is 5.91 Å². The summed E-state index contributed by atoms with van der Waals surface area (Å²) >= 11 is 0. The van der Waals surface area contributed by atoms with E-state index >= 15 is 0 Å². The Morgan fingerprint density at radius 2 is 2.00 bits per heavy atom. The van der Waals surface area contributed by atoms with E-state index < -0.39 is 11.6 Å². The number of amides is 4. The molecule has 0 saturated carbocycles. The number of rotatable bonds is 6. The largest absolute Gasteiger partial charge is 0.376 e. The van der Waals surface area contributed by atoms with Crippen LogP contribution < -0.4 is 5.32 Å². The molecule has 0 spiro atoms. The SMILES string of the molecule is O=C(C=Cc1cccc(F)c1)N1CCC(C2(c3ccccn3)NC(=O)N(CC3CCCO3)C2=O)CC1. The third-order valence-corrected chi connectivity index (χ3v) is 7.30. The van der Waals surface area contributed by atoms with Crippen LogP contribution in [-0.2, 0) is 19.9 Å². The van der Waals surface area contributed by atoms with Crippen LogP contribution in [0.2, 0.25) is 0 Å². The number of carbonyl (C=O) groups excluding carboxylic acids is 3. The molecule has 3 aliphatic heterocycles. The Morgan fingerprint density at radius 1 is 1.17 bits per heavy atom. The molecular weight excluding hydrogens is 463 g/mol. The fourth-order valence-corrected chi connectivity index (χ4v) is 5.42. The number of carbonyl (C=O) groups is 3. The molecule has 9 heteroatoms. The fraction of sp³-hybridized carbons (Fsp3) is 0.407. The zero-order valence-corrected chi connectivity index (χ0v) is 19.9. The number of nitrogens with zero attached hydrogens (tertiary/aromatic N) is 3. The Hall–Kier alpha value is -3.59. The third kappa shape index (κ3) is 4.63. The van der Waals surface area contributed by atoms with Crippen molar-refractivity contribution in [2.24, 2.45) is 5.92 Å². The van der Waals surface area contributed by atoms with Gasteiger partial charge in [0, 0.05) is 37.9 Å². The van der Waals surface area contributed by atoms with Crippen LogP contribution in [0.1, 0.15) is 36.9 Å². The minimum atomic E-state index is -1.27. The molecule has 0 bridgehead atoms. The van der Waals surface area contributed by atoms with Crippen molar-refractivity contribution in [2.45, 2.75) is 37.3 Å². The van der Waals surface area contributed by atoms with Crippen molar-refractivity contribution < 1.29 is 23.5 Å². The minimum Gasteiger partial charge on any atom is -0.376 e. The highest BCUT2D eigenvalue weighted by Crippen LogP contribution is 2.41. The van der Waals surface area contributed by atoms with Crippen LogP contribution in [0, 0.1) is 11.7 Å². The predicted octanol–water partition coefficient (Wildman–Crippen LogP) is 3.10. The molecule has 3 aliphatic rings. The summed E-state index contributed by atoms with van der Waals surface area (Å²) in [5.74, 6) is -1.07. The van der Waals surface area contributed by atoms with Crippen LogP contribution in [0.4, 0.5) is 9.18 Å². The van der Waals surface area contributed by atoms with Crippen LogP contribution in [0.15, 0.2) is 54.7 Å². The monoisotopic (exact) mass is 492 g/mol. The highest BCUT2D eigenvalue weighted by molar-refractivity contribution is 6.07. The van der Waals surface area contributed by atoms with Crippen LogP contribution in [0.3, 0.4) is 0 Å². The molecule has 1 N–H and O–H groups in total. The molecule has 1 aromatic carbocycles. The maximum Gasteiger partial charge on any atom is 0.325 e. The second kappa shape index (κ2) is 10.2. The molecule has 8 nitrogen and oxygen atoms in total. The number of imide groups is 1. The summed E-state index contributed by atoms with van der Waals surface area (Å²) in [6.07, 6.45) is 7.29. The van der Waals surface area contributed by atoms with Gasteiger partial charge in [-0.25, -0.2) is 9.18 Å². The number of halogens is 1. The van der Waals surface area contributed by atoms with Crippen molar-refractivity contribution >= 4 is 23.9 Å². The molecular formula is C27H29FN4O4. The first-order valence-corrected chi connectivity index (χ1v) is 12.4. The standard InChI is InChI=1S/C27H29FN4O4/c28-21-6-3-5-19(17-21)9-10-24(33)31-14-11-20(12-15-31)27(23-8-1-2-13-29-23)25(34)32(26(35)30-27)18-22-7-4-16-36-22/h1-3,5-6,8-10,13,17,20,22H,4,7,11-12,14-16,18H2,(H,30,35). The van der Waals surface area contributed by atoms with E-state index in [0.29, 0.717) is 43.8 Å². The Morgan fingerprint density at radius 3 is 2.69 bits per heavy atom. The number of hydrogen-bond acceptors (Lipinski definition) is 5. The first-order chi connectivity index (χ1) is 17.5. The molecule has 5 rings (SSSR count). The van der Waals surface area contributed by atoms with Gasteiger partial charge in [-0.15, -0.1) is 0 Å². The van der Waals surface area contributed by atoms with E-state index in [2.05, 4.69) is 10.3 Å². The number of urea groups is 1. The molecule has 4 amide bonds. The highest BCUT2D eigenvalue weighted by atomic mass is 19.1. The van der Waals surface area contributed by atoms with Crippen molar-refractivity contribution in [3.05, 3.63) is 71.8 Å². The number of piperidine rings is 1. The quantitative estimate of drug-likeness (QED) is 0.494. The number of pyridine rings is 1. The second-order valence-corrected chi connectivity index (χ2v) is 9.49. The summed E-state index contributed by atoms with van der Waals surface area (Å²) in [7, 11) is 0. The van der Waals surface area contributed by atoms with Gasteiger partial charge in [-0.05, 0) is 61.6 Å². The van der Waals surface area contributed by atoms with E-state index in [4.69, 9.17) is 4.74 Å². The number of benzene rings is 1. The number of nitrogens with one attached hydrogen (secondary N) is 1. The van der Waals surface area contributed by atoms with Gasteiger partial charge in [0.05, 0.1) is 18.3 Å². The lowest BCUT2D eigenvalue weighted by Gasteiger charge is -2.40. The third-order valence-electron chi connectivity index (χ3n) is 7.30. The summed E-state index contributed by atoms with van der Waals surface area (Å²) in [4.78, 5) is 47.1. The first-order valence-electron chi connectivity index (χ1n) is 12.4. The van der Waals surface area contributed by atoms with Crippen molar-refractivity contribution in [2.75, 3.05) is 26.2 Å². The summed E-state index contributed by atoms with van der Waals surface area (Å²) in [6.45, 7) is 1.72.